The van der Waals surface area contributed by atoms with Gasteiger partial charge in [0.2, 0.25) is 0 Å². The van der Waals surface area contributed by atoms with Crippen LogP contribution in [0.4, 0.5) is 0 Å². The number of hydrogen-bond acceptors (Lipinski definition) is 1. The van der Waals surface area contributed by atoms with E-state index in [0.29, 0.717) is 0 Å². The third kappa shape index (κ3) is 5.20. The first-order chi connectivity index (χ1) is 15.3. The molecule has 0 atom stereocenters. The van der Waals surface area contributed by atoms with Gasteiger partial charge in [-0.25, -0.2) is 0 Å². The molecule has 0 radical (unpaired) electrons. The van der Waals surface area contributed by atoms with Gasteiger partial charge in [-0.3, -0.25) is 0 Å². The van der Waals surface area contributed by atoms with Crippen molar-refractivity contribution in [1.29, 1.82) is 0 Å². The molecule has 0 spiro atoms. The van der Waals surface area contributed by atoms with E-state index in [9.17, 15) is 0 Å². The fourth-order valence-electron chi connectivity index (χ4n) is 4.15. The Kier molecular flexibility index (Phi) is 6.95. The summed E-state index contributed by atoms with van der Waals surface area (Å²) >= 11 is -2.35. The molecular formula is C29H32OSiTi. The molecule has 0 amide bonds. The Morgan fingerprint density at radius 1 is 0.812 bits per heavy atom. The number of allylic oxidation sites excluding steroid dienone is 4. The van der Waals surface area contributed by atoms with Crippen LogP contribution in [0.25, 0.3) is 0 Å². The van der Waals surface area contributed by atoms with Crippen LogP contribution >= 0.6 is 0 Å². The second-order valence-corrected chi connectivity index (χ2v) is 17.7. The molecule has 0 N–H and O–H groups in total. The van der Waals surface area contributed by atoms with Crippen LogP contribution in [0.15, 0.2) is 100 Å². The van der Waals surface area contributed by atoms with Gasteiger partial charge in [-0.1, -0.05) is 0 Å². The van der Waals surface area contributed by atoms with E-state index in [4.69, 9.17) is 3.32 Å². The standard InChI is InChI=1S/C13H10.C10H16OSi.C6H7.Ti/c1-3-7-12(8-4-1)11-13-9-5-2-6-10-13;1-8-5-9(11)7-10(6-8)12(2,3)4;1-6-4-2-3-5-6;/h1-10H;5-7,11H,1-4H3;2,4H,3H2,1H3;/q;;;+1/p-1. The van der Waals surface area contributed by atoms with Gasteiger partial charge in [0, 0.05) is 0 Å². The second-order valence-electron chi connectivity index (χ2n) is 9.59. The first kappa shape index (κ1) is 22.9. The van der Waals surface area contributed by atoms with Crippen molar-refractivity contribution in [2.75, 3.05) is 0 Å². The molecule has 0 bridgehead atoms. The van der Waals surface area contributed by atoms with Crippen molar-refractivity contribution in [2.45, 2.75) is 39.9 Å². The van der Waals surface area contributed by atoms with Gasteiger partial charge < -0.3 is 0 Å². The quantitative estimate of drug-likeness (QED) is 0.353. The molecule has 3 heteroatoms. The minimum absolute atomic E-state index is 0.997. The van der Waals surface area contributed by atoms with Crippen molar-refractivity contribution in [3.05, 3.63) is 117 Å². The fourth-order valence-corrected chi connectivity index (χ4v) is 9.26. The number of rotatable bonds is 6. The third-order valence-electron chi connectivity index (χ3n) is 5.93. The van der Waals surface area contributed by atoms with E-state index < -0.39 is 25.9 Å². The molecule has 1 aliphatic carbocycles. The summed E-state index contributed by atoms with van der Waals surface area (Å²) < 4.78 is 10.0. The second kappa shape index (κ2) is 9.70. The van der Waals surface area contributed by atoms with E-state index in [1.165, 1.54) is 35.1 Å². The maximum atomic E-state index is 7.11. The molecule has 1 aliphatic rings. The van der Waals surface area contributed by atoms with Gasteiger partial charge in [-0.2, -0.15) is 0 Å². The monoisotopic (exact) mass is 472 g/mol. The molecule has 4 rings (SSSR count). The van der Waals surface area contributed by atoms with Crippen LogP contribution < -0.4 is 8.51 Å². The van der Waals surface area contributed by atoms with Gasteiger partial charge in [0.05, 0.1) is 0 Å². The summed E-state index contributed by atoms with van der Waals surface area (Å²) in [6.45, 7) is 11.6. The molecule has 3 aromatic carbocycles. The van der Waals surface area contributed by atoms with Crippen LogP contribution in [0.1, 0.15) is 30.0 Å². The Bertz CT molecular complexity index is 1160. The van der Waals surface area contributed by atoms with Gasteiger partial charge in [0.1, 0.15) is 0 Å². The molecule has 0 fully saturated rings. The van der Waals surface area contributed by atoms with Crippen molar-refractivity contribution in [3.8, 4) is 5.75 Å². The first-order valence-electron chi connectivity index (χ1n) is 11.3. The summed E-state index contributed by atoms with van der Waals surface area (Å²) in [5.41, 5.74) is 5.22. The zero-order valence-corrected chi connectivity index (χ0v) is 22.3. The fraction of sp³-hybridized carbons (Fsp3) is 0.207. The Labute approximate surface area is 200 Å². The molecule has 0 aromatic heterocycles. The molecule has 162 valence electrons. The Morgan fingerprint density at radius 3 is 1.91 bits per heavy atom. The Hall–Kier alpha value is -2.26. The van der Waals surface area contributed by atoms with E-state index in [1.807, 2.05) is 0 Å². The molecule has 32 heavy (non-hydrogen) atoms. The zero-order valence-electron chi connectivity index (χ0n) is 19.8. The summed E-state index contributed by atoms with van der Waals surface area (Å²) in [4.78, 5) is 0. The van der Waals surface area contributed by atoms with Crippen molar-refractivity contribution < 1.29 is 21.1 Å². The van der Waals surface area contributed by atoms with E-state index in [2.05, 4.69) is 125 Å². The van der Waals surface area contributed by atoms with E-state index in [1.54, 1.807) is 0 Å². The molecule has 0 unspecified atom stereocenters. The van der Waals surface area contributed by atoms with Crippen LogP contribution in [0.3, 0.4) is 0 Å². The molecule has 3 aromatic rings. The van der Waals surface area contributed by atoms with Crippen LogP contribution in [0, 0.1) is 6.92 Å². The van der Waals surface area contributed by atoms with Crippen molar-refractivity contribution >= 4 is 17.1 Å². The van der Waals surface area contributed by atoms with Crippen molar-refractivity contribution in [1.82, 2.24) is 0 Å². The van der Waals surface area contributed by atoms with E-state index in [-0.39, 0.29) is 0 Å². The summed E-state index contributed by atoms with van der Waals surface area (Å²) in [5, 5.41) is 1.46. The summed E-state index contributed by atoms with van der Waals surface area (Å²) in [6.07, 6.45) is 5.55. The van der Waals surface area contributed by atoms with Crippen LogP contribution in [0.5, 0.6) is 5.75 Å². The summed E-state index contributed by atoms with van der Waals surface area (Å²) in [7, 11) is -1.44. The topological polar surface area (TPSA) is 9.23 Å². The van der Waals surface area contributed by atoms with Crippen molar-refractivity contribution in [2.24, 2.45) is 0 Å². The van der Waals surface area contributed by atoms with Crippen LogP contribution in [0.2, 0.25) is 19.6 Å². The molecular weight excluding hydrogens is 440 g/mol. The van der Waals surface area contributed by atoms with Gasteiger partial charge in [-0.05, 0) is 0 Å². The molecule has 0 saturated carbocycles. The predicted octanol–water partition coefficient (Wildman–Crippen LogP) is 6.96. The molecule has 0 saturated heterocycles. The third-order valence-corrected chi connectivity index (χ3v) is 12.0. The molecule has 1 nitrogen and oxygen atoms in total. The molecule has 0 heterocycles. The first-order valence-corrected chi connectivity index (χ1v) is 17.0. The van der Waals surface area contributed by atoms with Gasteiger partial charge in [-0.15, -0.1) is 0 Å². The van der Waals surface area contributed by atoms with Crippen LogP contribution in [-0.2, 0) is 17.8 Å². The predicted molar refractivity (Wildman–Crippen MR) is 137 cm³/mol. The Morgan fingerprint density at radius 2 is 1.41 bits per heavy atom. The average Bonchev–Trinajstić information content (AvgIpc) is 3.19. The normalized spacial score (nSPS) is 13.4. The van der Waals surface area contributed by atoms with E-state index >= 15 is 0 Å². The van der Waals surface area contributed by atoms with Crippen LogP contribution in [-0.4, -0.2) is 11.9 Å². The maximum absolute atomic E-state index is 7.11. The molecule has 0 aliphatic heterocycles. The van der Waals surface area contributed by atoms with E-state index in [0.717, 1.165) is 12.2 Å². The summed E-state index contributed by atoms with van der Waals surface area (Å²) in [5.74, 6) is 1.04. The van der Waals surface area contributed by atoms with Gasteiger partial charge in [0.15, 0.2) is 0 Å². The SMILES string of the molecule is CC1=[C]([Ti]([O]c2cc(C)cc([Si](C)(C)C)c2)=[C](c2ccccc2)c2ccccc2)CC=C1. The number of hydrogen-bond donors (Lipinski definition) is 0. The van der Waals surface area contributed by atoms with Gasteiger partial charge >= 0.3 is 201 Å². The van der Waals surface area contributed by atoms with Crippen molar-refractivity contribution in [3.63, 3.8) is 0 Å². The Balaban J connectivity index is 1.96. The summed E-state index contributed by atoms with van der Waals surface area (Å²) in [6, 6.07) is 28.6. The van der Waals surface area contributed by atoms with Gasteiger partial charge in [0.25, 0.3) is 0 Å². The zero-order chi connectivity index (χ0) is 22.7. The number of benzene rings is 3. The number of aryl methyl sites for hydroxylation is 1. The average molecular weight is 473 g/mol. The minimum atomic E-state index is -2.35.